The molecule has 1 aliphatic carbocycles. The number of hydrogen-bond acceptors (Lipinski definition) is 3. The smallest absolute Gasteiger partial charge is 0.220 e. The Morgan fingerprint density at radius 2 is 2.05 bits per heavy atom. The van der Waals surface area contributed by atoms with Gasteiger partial charge in [-0.1, -0.05) is 12.1 Å². The highest BCUT2D eigenvalue weighted by molar-refractivity contribution is 5.76. The van der Waals surface area contributed by atoms with E-state index in [4.69, 9.17) is 9.47 Å². The van der Waals surface area contributed by atoms with Crippen molar-refractivity contribution >= 4 is 5.91 Å². The molecule has 0 aliphatic heterocycles. The zero-order valence-electron chi connectivity index (χ0n) is 12.8. The predicted octanol–water partition coefficient (Wildman–Crippen LogP) is 2.56. The Kier molecular flexibility index (Phi) is 6.54. The van der Waals surface area contributed by atoms with E-state index in [1.54, 1.807) is 7.11 Å². The van der Waals surface area contributed by atoms with Crippen molar-refractivity contribution in [3.63, 3.8) is 0 Å². The summed E-state index contributed by atoms with van der Waals surface area (Å²) in [6.07, 6.45) is 4.81. The number of amides is 1. The molecule has 1 fully saturated rings. The van der Waals surface area contributed by atoms with Crippen LogP contribution in [-0.2, 0) is 16.0 Å². The molecule has 1 aromatic rings. The summed E-state index contributed by atoms with van der Waals surface area (Å²) in [5, 5.41) is 2.94. The summed E-state index contributed by atoms with van der Waals surface area (Å²) in [5.41, 5.74) is 1.15. The number of hydrogen-bond donors (Lipinski definition) is 1. The standard InChI is InChI=1S/C17H25NO3/c1-20-16-8-5-14(6-9-16)7-10-17(19)18-11-2-12-21-13-15-3-4-15/h5-6,8-9,15H,2-4,7,10-13H2,1H3,(H,18,19). The Morgan fingerprint density at radius 1 is 1.29 bits per heavy atom. The van der Waals surface area contributed by atoms with Gasteiger partial charge in [-0.25, -0.2) is 0 Å². The molecule has 0 bridgehead atoms. The Balaban J connectivity index is 1.49. The lowest BCUT2D eigenvalue weighted by molar-refractivity contribution is -0.121. The van der Waals surface area contributed by atoms with Crippen molar-refractivity contribution < 1.29 is 14.3 Å². The van der Waals surface area contributed by atoms with E-state index in [1.165, 1.54) is 12.8 Å². The van der Waals surface area contributed by atoms with Crippen LogP contribution in [-0.4, -0.2) is 32.8 Å². The van der Waals surface area contributed by atoms with Crippen molar-refractivity contribution in [2.75, 3.05) is 26.9 Å². The molecule has 0 spiro atoms. The molecular formula is C17H25NO3. The van der Waals surface area contributed by atoms with Crippen molar-refractivity contribution in [2.45, 2.75) is 32.1 Å². The summed E-state index contributed by atoms with van der Waals surface area (Å²) in [6.45, 7) is 2.34. The van der Waals surface area contributed by atoms with E-state index < -0.39 is 0 Å². The fourth-order valence-corrected chi connectivity index (χ4v) is 2.08. The van der Waals surface area contributed by atoms with Crippen molar-refractivity contribution in [3.05, 3.63) is 29.8 Å². The van der Waals surface area contributed by atoms with Gasteiger partial charge in [-0.05, 0) is 49.3 Å². The van der Waals surface area contributed by atoms with Crippen molar-refractivity contribution in [1.82, 2.24) is 5.32 Å². The number of benzene rings is 1. The summed E-state index contributed by atoms with van der Waals surface area (Å²) in [4.78, 5) is 11.7. The maximum Gasteiger partial charge on any atom is 0.220 e. The lowest BCUT2D eigenvalue weighted by Crippen LogP contribution is -2.25. The number of aryl methyl sites for hydroxylation is 1. The van der Waals surface area contributed by atoms with Crippen LogP contribution < -0.4 is 10.1 Å². The number of ether oxygens (including phenoxy) is 2. The Bertz CT molecular complexity index is 426. The third-order valence-electron chi connectivity index (χ3n) is 3.64. The average molecular weight is 291 g/mol. The molecule has 1 aliphatic rings. The van der Waals surface area contributed by atoms with E-state index in [2.05, 4.69) is 5.32 Å². The molecule has 2 rings (SSSR count). The van der Waals surface area contributed by atoms with Gasteiger partial charge < -0.3 is 14.8 Å². The molecule has 0 aromatic heterocycles. The molecule has 1 N–H and O–H groups in total. The van der Waals surface area contributed by atoms with Crippen LogP contribution in [0.2, 0.25) is 0 Å². The van der Waals surface area contributed by atoms with Crippen LogP contribution in [0.3, 0.4) is 0 Å². The Hall–Kier alpha value is -1.55. The summed E-state index contributed by atoms with van der Waals surface area (Å²) in [6, 6.07) is 7.84. The minimum atomic E-state index is 0.105. The largest absolute Gasteiger partial charge is 0.497 e. The molecule has 1 saturated carbocycles. The Labute approximate surface area is 126 Å². The molecule has 0 unspecified atom stereocenters. The summed E-state index contributed by atoms with van der Waals surface area (Å²) < 4.78 is 10.6. The van der Waals surface area contributed by atoms with Gasteiger partial charge in [0.1, 0.15) is 5.75 Å². The second-order valence-electron chi connectivity index (χ2n) is 5.57. The van der Waals surface area contributed by atoms with Gasteiger partial charge in [-0.15, -0.1) is 0 Å². The molecule has 0 saturated heterocycles. The monoisotopic (exact) mass is 291 g/mol. The zero-order valence-corrected chi connectivity index (χ0v) is 12.8. The topological polar surface area (TPSA) is 47.6 Å². The molecule has 0 radical (unpaired) electrons. The molecular weight excluding hydrogens is 266 g/mol. The third kappa shape index (κ3) is 6.63. The van der Waals surface area contributed by atoms with Crippen molar-refractivity contribution in [2.24, 2.45) is 5.92 Å². The van der Waals surface area contributed by atoms with E-state index >= 15 is 0 Å². The van der Waals surface area contributed by atoms with Gasteiger partial charge in [-0.2, -0.15) is 0 Å². The average Bonchev–Trinajstić information content (AvgIpc) is 3.33. The highest BCUT2D eigenvalue weighted by Gasteiger charge is 2.20. The summed E-state index contributed by atoms with van der Waals surface area (Å²) >= 11 is 0. The number of carbonyl (C=O) groups excluding carboxylic acids is 1. The first-order chi connectivity index (χ1) is 10.3. The highest BCUT2D eigenvalue weighted by Crippen LogP contribution is 2.28. The number of nitrogens with one attached hydrogen (secondary N) is 1. The quantitative estimate of drug-likeness (QED) is 0.674. The van der Waals surface area contributed by atoms with Crippen LogP contribution in [0.4, 0.5) is 0 Å². The highest BCUT2D eigenvalue weighted by atomic mass is 16.5. The minimum Gasteiger partial charge on any atom is -0.497 e. The molecule has 1 amide bonds. The molecule has 4 heteroatoms. The van der Waals surface area contributed by atoms with Crippen LogP contribution in [0.25, 0.3) is 0 Å². The maximum absolute atomic E-state index is 11.7. The second kappa shape index (κ2) is 8.67. The lowest BCUT2D eigenvalue weighted by Gasteiger charge is -2.06. The summed E-state index contributed by atoms with van der Waals surface area (Å²) in [5.74, 6) is 1.76. The number of methoxy groups -OCH3 is 1. The van der Waals surface area contributed by atoms with E-state index in [-0.39, 0.29) is 5.91 Å². The normalized spacial score (nSPS) is 14.0. The van der Waals surface area contributed by atoms with Crippen LogP contribution in [0, 0.1) is 5.92 Å². The third-order valence-corrected chi connectivity index (χ3v) is 3.64. The van der Waals surface area contributed by atoms with Gasteiger partial charge in [-0.3, -0.25) is 4.79 Å². The van der Waals surface area contributed by atoms with Crippen LogP contribution in [0.5, 0.6) is 5.75 Å². The van der Waals surface area contributed by atoms with Gasteiger partial charge in [0.2, 0.25) is 5.91 Å². The van der Waals surface area contributed by atoms with Crippen LogP contribution in [0.15, 0.2) is 24.3 Å². The van der Waals surface area contributed by atoms with Gasteiger partial charge in [0.15, 0.2) is 0 Å². The van der Waals surface area contributed by atoms with Gasteiger partial charge in [0, 0.05) is 26.2 Å². The molecule has 0 heterocycles. The Morgan fingerprint density at radius 3 is 2.71 bits per heavy atom. The predicted molar refractivity (Wildman–Crippen MR) is 82.5 cm³/mol. The fraction of sp³-hybridized carbons (Fsp3) is 0.588. The van der Waals surface area contributed by atoms with E-state index in [0.717, 1.165) is 43.3 Å². The fourth-order valence-electron chi connectivity index (χ4n) is 2.08. The summed E-state index contributed by atoms with van der Waals surface area (Å²) in [7, 11) is 1.65. The molecule has 116 valence electrons. The van der Waals surface area contributed by atoms with Crippen molar-refractivity contribution in [3.8, 4) is 5.75 Å². The molecule has 4 nitrogen and oxygen atoms in total. The molecule has 0 atom stereocenters. The van der Waals surface area contributed by atoms with E-state index in [1.807, 2.05) is 24.3 Å². The first-order valence-corrected chi connectivity index (χ1v) is 7.75. The zero-order chi connectivity index (χ0) is 14.9. The minimum absolute atomic E-state index is 0.105. The van der Waals surface area contributed by atoms with Crippen LogP contribution in [0.1, 0.15) is 31.2 Å². The van der Waals surface area contributed by atoms with Crippen molar-refractivity contribution in [1.29, 1.82) is 0 Å². The number of rotatable bonds is 10. The SMILES string of the molecule is COc1ccc(CCC(=O)NCCCOCC2CC2)cc1. The van der Waals surface area contributed by atoms with E-state index in [0.29, 0.717) is 13.0 Å². The van der Waals surface area contributed by atoms with E-state index in [9.17, 15) is 4.79 Å². The lowest BCUT2D eigenvalue weighted by atomic mass is 10.1. The van der Waals surface area contributed by atoms with Gasteiger partial charge in [0.05, 0.1) is 7.11 Å². The molecule has 21 heavy (non-hydrogen) atoms. The first kappa shape index (κ1) is 15.8. The number of carbonyl (C=O) groups is 1. The van der Waals surface area contributed by atoms with Gasteiger partial charge in [0.25, 0.3) is 0 Å². The van der Waals surface area contributed by atoms with Gasteiger partial charge >= 0.3 is 0 Å². The first-order valence-electron chi connectivity index (χ1n) is 7.75. The molecule has 1 aromatic carbocycles. The van der Waals surface area contributed by atoms with Crippen LogP contribution >= 0.6 is 0 Å². The second-order valence-corrected chi connectivity index (χ2v) is 5.57. The maximum atomic E-state index is 11.7.